The molecule has 114 valence electrons. The summed E-state index contributed by atoms with van der Waals surface area (Å²) in [5.74, 6) is -1.26. The minimum atomic E-state index is -0.656. The molecular formula is C15H26N2O3. The number of amides is 4. The zero-order valence-electron chi connectivity index (χ0n) is 12.9. The number of nitrogens with zero attached hydrogens (tertiary/aromatic N) is 2. The van der Waals surface area contributed by atoms with Gasteiger partial charge in [-0.3, -0.25) is 19.4 Å². The van der Waals surface area contributed by atoms with Crippen LogP contribution in [0, 0.1) is 5.92 Å². The van der Waals surface area contributed by atoms with Crippen molar-refractivity contribution in [2.24, 2.45) is 5.92 Å². The van der Waals surface area contributed by atoms with E-state index in [9.17, 15) is 14.4 Å². The van der Waals surface area contributed by atoms with Crippen LogP contribution in [0.1, 0.15) is 59.3 Å². The lowest BCUT2D eigenvalue weighted by molar-refractivity contribution is -0.149. The fourth-order valence-electron chi connectivity index (χ4n) is 2.42. The van der Waals surface area contributed by atoms with Crippen LogP contribution in [0.3, 0.4) is 0 Å². The lowest BCUT2D eigenvalue weighted by Gasteiger charge is -2.37. The molecule has 0 bridgehead atoms. The van der Waals surface area contributed by atoms with Crippen LogP contribution < -0.4 is 0 Å². The Balaban J connectivity index is 2.91. The van der Waals surface area contributed by atoms with Gasteiger partial charge in [-0.15, -0.1) is 0 Å². The topological polar surface area (TPSA) is 57.7 Å². The van der Waals surface area contributed by atoms with Crippen molar-refractivity contribution in [2.45, 2.75) is 59.3 Å². The summed E-state index contributed by atoms with van der Waals surface area (Å²) in [5.41, 5.74) is 0. The molecule has 1 saturated heterocycles. The summed E-state index contributed by atoms with van der Waals surface area (Å²) < 4.78 is 0. The summed E-state index contributed by atoms with van der Waals surface area (Å²) in [6, 6.07) is -0.428. The standard InChI is InChI=1S/C15H26N2O3/c1-4-7-9-12-13(18)16(10-6-3)15(20)17(14(12)19)11-8-5-2/h12H,4-11H2,1-3H3. The van der Waals surface area contributed by atoms with E-state index >= 15 is 0 Å². The van der Waals surface area contributed by atoms with E-state index < -0.39 is 11.9 Å². The van der Waals surface area contributed by atoms with Crippen LogP contribution in [0.5, 0.6) is 0 Å². The highest BCUT2D eigenvalue weighted by Gasteiger charge is 2.44. The third-order valence-electron chi connectivity index (χ3n) is 3.62. The van der Waals surface area contributed by atoms with Crippen LogP contribution in [0.25, 0.3) is 0 Å². The van der Waals surface area contributed by atoms with Gasteiger partial charge in [-0.1, -0.05) is 40.0 Å². The third-order valence-corrected chi connectivity index (χ3v) is 3.62. The van der Waals surface area contributed by atoms with E-state index in [2.05, 4.69) is 0 Å². The van der Waals surface area contributed by atoms with Crippen LogP contribution in [-0.2, 0) is 9.59 Å². The number of carbonyl (C=O) groups excluding carboxylic acids is 3. The van der Waals surface area contributed by atoms with Crippen molar-refractivity contribution in [2.75, 3.05) is 13.1 Å². The van der Waals surface area contributed by atoms with Crippen molar-refractivity contribution in [1.82, 2.24) is 9.80 Å². The van der Waals surface area contributed by atoms with Gasteiger partial charge in [0.1, 0.15) is 5.92 Å². The van der Waals surface area contributed by atoms with Gasteiger partial charge in [0, 0.05) is 13.1 Å². The average molecular weight is 282 g/mol. The molecule has 1 unspecified atom stereocenters. The SMILES string of the molecule is CCCCC1C(=O)N(CCC)C(=O)N(CCCC)C1=O. The Kier molecular flexibility index (Phi) is 6.68. The molecule has 1 fully saturated rings. The fraction of sp³-hybridized carbons (Fsp3) is 0.800. The average Bonchev–Trinajstić information content (AvgIpc) is 2.43. The first kappa shape index (κ1) is 16.7. The number of barbiturate groups is 1. The van der Waals surface area contributed by atoms with Gasteiger partial charge in [-0.25, -0.2) is 4.79 Å². The van der Waals surface area contributed by atoms with Crippen molar-refractivity contribution in [3.63, 3.8) is 0 Å². The second-order valence-corrected chi connectivity index (χ2v) is 5.31. The zero-order valence-corrected chi connectivity index (χ0v) is 12.9. The second-order valence-electron chi connectivity index (χ2n) is 5.31. The van der Waals surface area contributed by atoms with Crippen LogP contribution in [0.2, 0.25) is 0 Å². The number of urea groups is 1. The zero-order chi connectivity index (χ0) is 15.1. The van der Waals surface area contributed by atoms with E-state index in [-0.39, 0.29) is 11.8 Å². The van der Waals surface area contributed by atoms with E-state index in [0.717, 1.165) is 25.7 Å². The van der Waals surface area contributed by atoms with Crippen LogP contribution in [-0.4, -0.2) is 40.7 Å². The van der Waals surface area contributed by atoms with Crippen molar-refractivity contribution in [3.8, 4) is 0 Å². The smallest absolute Gasteiger partial charge is 0.273 e. The van der Waals surface area contributed by atoms with E-state index in [1.54, 1.807) is 0 Å². The van der Waals surface area contributed by atoms with E-state index in [1.165, 1.54) is 9.80 Å². The Hall–Kier alpha value is -1.39. The Bertz CT molecular complexity index is 338. The summed E-state index contributed by atoms with van der Waals surface area (Å²) in [6.07, 6.45) is 4.73. The maximum absolute atomic E-state index is 12.4. The molecule has 0 spiro atoms. The summed E-state index contributed by atoms with van der Waals surface area (Å²) in [6.45, 7) is 6.79. The highest BCUT2D eigenvalue weighted by molar-refractivity contribution is 6.16. The molecule has 1 rings (SSSR count). The van der Waals surface area contributed by atoms with Crippen molar-refractivity contribution >= 4 is 17.8 Å². The lowest BCUT2D eigenvalue weighted by Crippen LogP contribution is -2.59. The van der Waals surface area contributed by atoms with E-state index in [4.69, 9.17) is 0 Å². The molecule has 0 aromatic heterocycles. The molecule has 0 aromatic carbocycles. The summed E-state index contributed by atoms with van der Waals surface area (Å²) in [5, 5.41) is 0. The second kappa shape index (κ2) is 8.02. The summed E-state index contributed by atoms with van der Waals surface area (Å²) in [4.78, 5) is 39.5. The molecule has 0 aliphatic carbocycles. The number of rotatable bonds is 8. The molecule has 5 nitrogen and oxygen atoms in total. The molecule has 0 saturated carbocycles. The molecule has 0 radical (unpaired) electrons. The van der Waals surface area contributed by atoms with Gasteiger partial charge >= 0.3 is 6.03 Å². The predicted octanol–water partition coefficient (Wildman–Crippen LogP) is 2.79. The molecular weight excluding hydrogens is 256 g/mol. The first-order valence-electron chi connectivity index (χ1n) is 7.75. The van der Waals surface area contributed by atoms with Gasteiger partial charge in [0.2, 0.25) is 11.8 Å². The number of carbonyl (C=O) groups is 3. The molecule has 1 atom stereocenters. The third kappa shape index (κ3) is 3.58. The van der Waals surface area contributed by atoms with Crippen molar-refractivity contribution < 1.29 is 14.4 Å². The predicted molar refractivity (Wildman–Crippen MR) is 77.0 cm³/mol. The summed E-state index contributed by atoms with van der Waals surface area (Å²) >= 11 is 0. The number of hydrogen-bond acceptors (Lipinski definition) is 3. The van der Waals surface area contributed by atoms with Gasteiger partial charge in [0.25, 0.3) is 0 Å². The van der Waals surface area contributed by atoms with Crippen molar-refractivity contribution in [1.29, 1.82) is 0 Å². The largest absolute Gasteiger partial charge is 0.333 e. The first-order valence-corrected chi connectivity index (χ1v) is 7.75. The van der Waals surface area contributed by atoms with Crippen LogP contribution in [0.15, 0.2) is 0 Å². The maximum atomic E-state index is 12.4. The fourth-order valence-corrected chi connectivity index (χ4v) is 2.42. The molecule has 0 aromatic rings. The number of imide groups is 2. The maximum Gasteiger partial charge on any atom is 0.333 e. The van der Waals surface area contributed by atoms with Gasteiger partial charge in [-0.05, 0) is 19.3 Å². The number of hydrogen-bond donors (Lipinski definition) is 0. The minimum absolute atomic E-state index is 0.297. The lowest BCUT2D eigenvalue weighted by atomic mass is 9.96. The molecule has 0 N–H and O–H groups in total. The van der Waals surface area contributed by atoms with Gasteiger partial charge < -0.3 is 0 Å². The van der Waals surface area contributed by atoms with E-state index in [0.29, 0.717) is 25.9 Å². The Morgan fingerprint density at radius 2 is 1.35 bits per heavy atom. The normalized spacial score (nSPS) is 19.9. The van der Waals surface area contributed by atoms with Crippen molar-refractivity contribution in [3.05, 3.63) is 0 Å². The Labute approximate surface area is 121 Å². The van der Waals surface area contributed by atoms with Gasteiger partial charge in [-0.2, -0.15) is 0 Å². The molecule has 4 amide bonds. The van der Waals surface area contributed by atoms with Crippen LogP contribution >= 0.6 is 0 Å². The summed E-state index contributed by atoms with van der Waals surface area (Å²) in [7, 11) is 0. The first-order chi connectivity index (χ1) is 9.58. The molecule has 5 heteroatoms. The highest BCUT2D eigenvalue weighted by atomic mass is 16.2. The molecule has 1 aliphatic rings. The van der Waals surface area contributed by atoms with Gasteiger partial charge in [0.15, 0.2) is 0 Å². The van der Waals surface area contributed by atoms with Gasteiger partial charge in [0.05, 0.1) is 0 Å². The quantitative estimate of drug-likeness (QED) is 0.643. The van der Waals surface area contributed by atoms with E-state index in [1.807, 2.05) is 20.8 Å². The highest BCUT2D eigenvalue weighted by Crippen LogP contribution is 2.23. The number of unbranched alkanes of at least 4 members (excludes halogenated alkanes) is 2. The molecule has 1 aliphatic heterocycles. The Morgan fingerprint density at radius 3 is 1.85 bits per heavy atom. The molecule has 20 heavy (non-hydrogen) atoms. The Morgan fingerprint density at radius 1 is 0.800 bits per heavy atom. The minimum Gasteiger partial charge on any atom is -0.273 e. The monoisotopic (exact) mass is 282 g/mol. The molecule has 1 heterocycles. The van der Waals surface area contributed by atoms with Crippen LogP contribution in [0.4, 0.5) is 4.79 Å².